The van der Waals surface area contributed by atoms with Crippen LogP contribution in [0.25, 0.3) is 0 Å². The summed E-state index contributed by atoms with van der Waals surface area (Å²) < 4.78 is 7.87. The zero-order valence-electron chi connectivity index (χ0n) is 11.7. The molecule has 0 fully saturated rings. The molecule has 0 aromatic heterocycles. The molecule has 0 radical (unpaired) electrons. The maximum Gasteiger partial charge on any atom is 0.254 e. The summed E-state index contributed by atoms with van der Waals surface area (Å²) >= 11 is 0. The quantitative estimate of drug-likeness (QED) is 0.765. The summed E-state index contributed by atoms with van der Waals surface area (Å²) in [4.78, 5) is 14.3. The second kappa shape index (κ2) is 5.15. The van der Waals surface area contributed by atoms with E-state index < -0.39 is 0 Å². The molecule has 1 aromatic rings. The molecule has 2 heteroatoms. The van der Waals surface area contributed by atoms with Gasteiger partial charge >= 0.3 is 0 Å². The molecule has 0 heterocycles. The standard InChI is InChI=1S/C14H21NO/c1-10(2)15(11(3)4)14(16)13-9-7-6-8-12(13)5/h6-11H,1-5H3/i9D. The Morgan fingerprint density at radius 2 is 1.81 bits per heavy atom. The molecule has 0 unspecified atom stereocenters. The smallest absolute Gasteiger partial charge is 0.254 e. The molecule has 0 atom stereocenters. The average Bonchev–Trinajstić information content (AvgIpc) is 2.15. The number of carbonyl (C=O) groups excluding carboxylic acids is 1. The van der Waals surface area contributed by atoms with Crippen LogP contribution >= 0.6 is 0 Å². The van der Waals surface area contributed by atoms with Crippen LogP contribution in [0, 0.1) is 6.92 Å². The average molecular weight is 220 g/mol. The maximum atomic E-state index is 12.5. The van der Waals surface area contributed by atoms with Gasteiger partial charge in [-0.15, -0.1) is 0 Å². The number of amides is 1. The van der Waals surface area contributed by atoms with Crippen LogP contribution in [0.1, 0.15) is 45.0 Å². The lowest BCUT2D eigenvalue weighted by molar-refractivity contribution is 0.0643. The van der Waals surface area contributed by atoms with E-state index in [1.807, 2.05) is 51.7 Å². The van der Waals surface area contributed by atoms with Gasteiger partial charge in [0.05, 0.1) is 1.37 Å². The first-order valence-electron chi connectivity index (χ1n) is 6.25. The molecule has 16 heavy (non-hydrogen) atoms. The first-order valence-corrected chi connectivity index (χ1v) is 5.75. The van der Waals surface area contributed by atoms with Crippen molar-refractivity contribution >= 4 is 5.91 Å². The van der Waals surface area contributed by atoms with Crippen molar-refractivity contribution in [3.63, 3.8) is 0 Å². The fourth-order valence-electron chi connectivity index (χ4n) is 1.95. The molecule has 0 spiro atoms. The molecule has 0 aliphatic carbocycles. The van der Waals surface area contributed by atoms with Gasteiger partial charge in [-0.25, -0.2) is 0 Å². The SMILES string of the molecule is [2H]c1cccc(C)c1C(=O)N(C(C)C)C(C)C. The van der Waals surface area contributed by atoms with Gasteiger partial charge in [-0.3, -0.25) is 4.79 Å². The van der Waals surface area contributed by atoms with E-state index in [9.17, 15) is 4.79 Å². The van der Waals surface area contributed by atoms with Crippen molar-refractivity contribution in [1.29, 1.82) is 0 Å². The number of hydrogen-bond acceptors (Lipinski definition) is 1. The van der Waals surface area contributed by atoms with Crippen molar-refractivity contribution in [2.75, 3.05) is 0 Å². The Balaban J connectivity index is 3.19. The van der Waals surface area contributed by atoms with Crippen LogP contribution in [-0.2, 0) is 0 Å². The fraction of sp³-hybridized carbons (Fsp3) is 0.500. The lowest BCUT2D eigenvalue weighted by atomic mass is 10.1. The van der Waals surface area contributed by atoms with E-state index in [0.717, 1.165) is 5.56 Å². The zero-order valence-corrected chi connectivity index (χ0v) is 10.7. The maximum absolute atomic E-state index is 12.5. The third-order valence-electron chi connectivity index (χ3n) is 2.63. The minimum atomic E-state index is -0.0434. The molecule has 2 nitrogen and oxygen atoms in total. The van der Waals surface area contributed by atoms with Gasteiger partial charge in [-0.2, -0.15) is 0 Å². The van der Waals surface area contributed by atoms with Gasteiger partial charge in [0.25, 0.3) is 5.91 Å². The number of nitrogens with zero attached hydrogens (tertiary/aromatic N) is 1. The summed E-state index contributed by atoms with van der Waals surface area (Å²) in [5.74, 6) is -0.0434. The second-order valence-corrected chi connectivity index (χ2v) is 4.63. The second-order valence-electron chi connectivity index (χ2n) is 4.63. The number of benzene rings is 1. The van der Waals surface area contributed by atoms with Crippen LogP contribution < -0.4 is 0 Å². The highest BCUT2D eigenvalue weighted by Gasteiger charge is 2.22. The highest BCUT2D eigenvalue weighted by atomic mass is 16.2. The highest BCUT2D eigenvalue weighted by Crippen LogP contribution is 2.15. The molecule has 0 saturated heterocycles. The van der Waals surface area contributed by atoms with E-state index in [0.29, 0.717) is 11.6 Å². The van der Waals surface area contributed by atoms with Gasteiger partial charge in [0, 0.05) is 17.6 Å². The summed E-state index contributed by atoms with van der Waals surface area (Å²) in [6.45, 7) is 9.88. The Morgan fingerprint density at radius 3 is 2.25 bits per heavy atom. The van der Waals surface area contributed by atoms with Crippen LogP contribution in [0.15, 0.2) is 24.2 Å². The van der Waals surface area contributed by atoms with E-state index in [4.69, 9.17) is 1.37 Å². The van der Waals surface area contributed by atoms with Gasteiger partial charge in [0.2, 0.25) is 0 Å². The lowest BCUT2D eigenvalue weighted by Gasteiger charge is -2.31. The van der Waals surface area contributed by atoms with E-state index >= 15 is 0 Å². The normalized spacial score (nSPS) is 11.8. The fourth-order valence-corrected chi connectivity index (χ4v) is 1.95. The summed E-state index contributed by atoms with van der Waals surface area (Å²) in [6, 6.07) is 5.94. The molecule has 0 aliphatic rings. The Morgan fingerprint density at radius 1 is 1.25 bits per heavy atom. The van der Waals surface area contributed by atoms with Gasteiger partial charge in [0.15, 0.2) is 0 Å². The molecular weight excluding hydrogens is 198 g/mol. The number of hydrogen-bond donors (Lipinski definition) is 0. The predicted molar refractivity (Wildman–Crippen MR) is 67.6 cm³/mol. The summed E-state index contributed by atoms with van der Waals surface area (Å²) in [5, 5.41) is 0. The van der Waals surface area contributed by atoms with Crippen LogP contribution in [0.2, 0.25) is 0 Å². The van der Waals surface area contributed by atoms with Crippen LogP contribution in [0.3, 0.4) is 0 Å². The molecule has 0 aliphatic heterocycles. The van der Waals surface area contributed by atoms with E-state index in [1.165, 1.54) is 0 Å². The van der Waals surface area contributed by atoms with Gasteiger partial charge in [-0.05, 0) is 46.2 Å². The minimum absolute atomic E-state index is 0.0434. The van der Waals surface area contributed by atoms with Crippen LogP contribution in [0.5, 0.6) is 0 Å². The van der Waals surface area contributed by atoms with E-state index in [1.54, 1.807) is 6.07 Å². The summed E-state index contributed by atoms with van der Waals surface area (Å²) in [6.07, 6.45) is 0. The Kier molecular flexibility index (Phi) is 3.60. The molecule has 0 bridgehead atoms. The van der Waals surface area contributed by atoms with Crippen LogP contribution in [-0.4, -0.2) is 22.9 Å². The molecule has 0 N–H and O–H groups in total. The molecule has 1 aromatic carbocycles. The molecular formula is C14H21NO. The highest BCUT2D eigenvalue weighted by molar-refractivity contribution is 5.95. The molecule has 0 saturated carbocycles. The van der Waals surface area contributed by atoms with Crippen molar-refractivity contribution in [2.45, 2.75) is 46.7 Å². The van der Waals surface area contributed by atoms with Crippen LogP contribution in [0.4, 0.5) is 0 Å². The third-order valence-corrected chi connectivity index (χ3v) is 2.63. The topological polar surface area (TPSA) is 20.3 Å². The molecule has 1 amide bonds. The van der Waals surface area contributed by atoms with Crippen molar-refractivity contribution < 1.29 is 6.17 Å². The van der Waals surface area contributed by atoms with Gasteiger partial charge in [0.1, 0.15) is 0 Å². The van der Waals surface area contributed by atoms with E-state index in [2.05, 4.69) is 0 Å². The van der Waals surface area contributed by atoms with Gasteiger partial charge in [-0.1, -0.05) is 18.2 Å². The number of carbonyl (C=O) groups is 1. The lowest BCUT2D eigenvalue weighted by Crippen LogP contribution is -2.42. The Labute approximate surface area is 99.7 Å². The number of rotatable bonds is 3. The first-order chi connectivity index (χ1) is 7.86. The summed E-state index contributed by atoms with van der Waals surface area (Å²) in [7, 11) is 0. The predicted octanol–water partition coefficient (Wildman–Crippen LogP) is 3.25. The first kappa shape index (κ1) is 11.2. The Bertz CT molecular complexity index is 384. The monoisotopic (exact) mass is 220 g/mol. The third kappa shape index (κ3) is 2.63. The molecule has 88 valence electrons. The van der Waals surface area contributed by atoms with Gasteiger partial charge < -0.3 is 4.90 Å². The van der Waals surface area contributed by atoms with Crippen molar-refractivity contribution in [1.82, 2.24) is 4.90 Å². The number of aryl methyl sites for hydroxylation is 1. The van der Waals surface area contributed by atoms with Crippen molar-refractivity contribution in [3.05, 3.63) is 35.4 Å². The largest absolute Gasteiger partial charge is 0.334 e. The Hall–Kier alpha value is -1.31. The minimum Gasteiger partial charge on any atom is -0.334 e. The summed E-state index contributed by atoms with van der Waals surface area (Å²) in [5.41, 5.74) is 1.39. The van der Waals surface area contributed by atoms with Crippen molar-refractivity contribution in [3.8, 4) is 0 Å². The molecule has 1 rings (SSSR count). The zero-order chi connectivity index (χ0) is 13.2. The van der Waals surface area contributed by atoms with Crippen molar-refractivity contribution in [2.24, 2.45) is 0 Å². The van der Waals surface area contributed by atoms with E-state index in [-0.39, 0.29) is 18.0 Å².